The fourth-order valence-corrected chi connectivity index (χ4v) is 8.01. The first-order chi connectivity index (χ1) is 14.3. The van der Waals surface area contributed by atoms with Crippen LogP contribution in [0.15, 0.2) is 30.3 Å². The van der Waals surface area contributed by atoms with E-state index in [-0.39, 0.29) is 29.1 Å². The number of aliphatic hydroxyl groups excluding tert-OH is 1. The molecule has 2 bridgehead atoms. The van der Waals surface area contributed by atoms with E-state index in [9.17, 15) is 19.5 Å². The lowest BCUT2D eigenvalue weighted by Gasteiger charge is -2.36. The van der Waals surface area contributed by atoms with Crippen molar-refractivity contribution in [3.63, 3.8) is 0 Å². The van der Waals surface area contributed by atoms with Gasteiger partial charge in [-0.1, -0.05) is 30.3 Å². The standard InChI is InChI=1S/C22H29N3O4S/c1-13(12-26)25-17(19(28)24-11-14-7-5-4-6-8-14)22-10-9-21(2,30-22)15(18(27)23-3)16(22)20(25)29/h4-8,13,15-17,26H,9-12H2,1-3H3,(H,23,27)(H,24,28)/t13-,15+,16+,17?,21-,22?/m1/s1. The van der Waals surface area contributed by atoms with Crippen LogP contribution in [0.3, 0.4) is 0 Å². The highest BCUT2D eigenvalue weighted by Gasteiger charge is 2.77. The number of thioether (sulfide) groups is 1. The molecule has 1 spiro atoms. The minimum absolute atomic E-state index is 0.146. The number of rotatable bonds is 6. The molecule has 0 aromatic heterocycles. The summed E-state index contributed by atoms with van der Waals surface area (Å²) in [6.45, 7) is 3.92. The predicted octanol–water partition coefficient (Wildman–Crippen LogP) is 0.911. The van der Waals surface area contributed by atoms with E-state index in [1.807, 2.05) is 37.3 Å². The van der Waals surface area contributed by atoms with Crippen molar-refractivity contribution in [2.75, 3.05) is 13.7 Å². The number of carbonyl (C=O) groups is 3. The maximum absolute atomic E-state index is 13.6. The highest BCUT2D eigenvalue weighted by Crippen LogP contribution is 2.71. The molecule has 3 saturated heterocycles. The van der Waals surface area contributed by atoms with E-state index in [1.54, 1.807) is 30.6 Å². The molecule has 3 amide bonds. The van der Waals surface area contributed by atoms with Gasteiger partial charge in [0.1, 0.15) is 6.04 Å². The Balaban J connectivity index is 1.69. The summed E-state index contributed by atoms with van der Waals surface area (Å²) in [5, 5.41) is 15.5. The minimum atomic E-state index is -0.706. The topological polar surface area (TPSA) is 98.7 Å². The molecule has 162 valence electrons. The number of aliphatic hydroxyl groups is 1. The lowest BCUT2D eigenvalue weighted by Crippen LogP contribution is -2.55. The van der Waals surface area contributed by atoms with Crippen molar-refractivity contribution in [1.29, 1.82) is 0 Å². The molecule has 0 saturated carbocycles. The molecular weight excluding hydrogens is 402 g/mol. The maximum atomic E-state index is 13.6. The monoisotopic (exact) mass is 431 g/mol. The molecule has 3 N–H and O–H groups in total. The number of benzene rings is 1. The predicted molar refractivity (Wildman–Crippen MR) is 114 cm³/mol. The fraction of sp³-hybridized carbons (Fsp3) is 0.591. The molecule has 3 fully saturated rings. The van der Waals surface area contributed by atoms with Gasteiger partial charge in [0.2, 0.25) is 17.7 Å². The van der Waals surface area contributed by atoms with Crippen LogP contribution in [0.4, 0.5) is 0 Å². The molecule has 6 atom stereocenters. The summed E-state index contributed by atoms with van der Waals surface area (Å²) in [6, 6.07) is 8.42. The van der Waals surface area contributed by atoms with Crippen molar-refractivity contribution in [2.24, 2.45) is 11.8 Å². The molecule has 0 radical (unpaired) electrons. The van der Waals surface area contributed by atoms with Crippen LogP contribution in [0.5, 0.6) is 0 Å². The van der Waals surface area contributed by atoms with E-state index < -0.39 is 28.7 Å². The number of hydrogen-bond donors (Lipinski definition) is 3. The van der Waals surface area contributed by atoms with E-state index >= 15 is 0 Å². The van der Waals surface area contributed by atoms with E-state index in [4.69, 9.17) is 0 Å². The molecule has 1 aromatic rings. The molecule has 7 nitrogen and oxygen atoms in total. The lowest BCUT2D eigenvalue weighted by atomic mass is 9.66. The number of likely N-dealkylation sites (tertiary alicyclic amines) is 1. The maximum Gasteiger partial charge on any atom is 0.244 e. The first kappa shape index (κ1) is 21.2. The number of carbonyl (C=O) groups excluding carboxylic acids is 3. The van der Waals surface area contributed by atoms with Gasteiger partial charge in [-0.05, 0) is 32.3 Å². The molecular formula is C22H29N3O4S. The average Bonchev–Trinajstić information content (AvgIpc) is 3.32. The largest absolute Gasteiger partial charge is 0.394 e. The van der Waals surface area contributed by atoms with Gasteiger partial charge in [0, 0.05) is 18.3 Å². The van der Waals surface area contributed by atoms with Crippen molar-refractivity contribution in [3.05, 3.63) is 35.9 Å². The highest BCUT2D eigenvalue weighted by atomic mass is 32.2. The second kappa shape index (κ2) is 7.57. The Labute approximate surface area is 181 Å². The Morgan fingerprint density at radius 2 is 1.97 bits per heavy atom. The first-order valence-electron chi connectivity index (χ1n) is 10.5. The molecule has 0 aliphatic carbocycles. The van der Waals surface area contributed by atoms with E-state index in [2.05, 4.69) is 10.6 Å². The second-order valence-electron chi connectivity index (χ2n) is 8.82. The zero-order chi connectivity index (χ0) is 21.7. The minimum Gasteiger partial charge on any atom is -0.394 e. The molecule has 1 aromatic carbocycles. The fourth-order valence-electron chi connectivity index (χ4n) is 5.66. The van der Waals surface area contributed by atoms with Crippen LogP contribution in [-0.2, 0) is 20.9 Å². The highest BCUT2D eigenvalue weighted by molar-refractivity contribution is 8.02. The third kappa shape index (κ3) is 2.95. The van der Waals surface area contributed by atoms with E-state index in [1.165, 1.54) is 0 Å². The summed E-state index contributed by atoms with van der Waals surface area (Å²) in [7, 11) is 1.59. The Bertz CT molecular complexity index is 865. The van der Waals surface area contributed by atoms with Crippen LogP contribution >= 0.6 is 11.8 Å². The summed E-state index contributed by atoms with van der Waals surface area (Å²) in [5.74, 6) is -1.59. The Kier molecular flexibility index (Phi) is 5.34. The van der Waals surface area contributed by atoms with Crippen LogP contribution in [-0.4, -0.2) is 63.0 Å². The number of nitrogens with one attached hydrogen (secondary N) is 2. The summed E-state index contributed by atoms with van der Waals surface area (Å²) in [6.07, 6.45) is 1.49. The van der Waals surface area contributed by atoms with Crippen molar-refractivity contribution < 1.29 is 19.5 Å². The van der Waals surface area contributed by atoms with Gasteiger partial charge in [0.05, 0.1) is 29.2 Å². The normalized spacial score (nSPS) is 35.3. The van der Waals surface area contributed by atoms with Crippen LogP contribution in [0.1, 0.15) is 32.3 Å². The van der Waals surface area contributed by atoms with E-state index in [0.717, 1.165) is 12.0 Å². The summed E-state index contributed by atoms with van der Waals surface area (Å²) in [5.41, 5.74) is 0.976. The molecule has 3 heterocycles. The third-order valence-electron chi connectivity index (χ3n) is 7.04. The van der Waals surface area contributed by atoms with Crippen LogP contribution in [0.25, 0.3) is 0 Å². The van der Waals surface area contributed by atoms with Crippen LogP contribution < -0.4 is 10.6 Å². The summed E-state index contributed by atoms with van der Waals surface area (Å²) < 4.78 is -1.01. The molecule has 3 aliphatic heterocycles. The molecule has 4 rings (SSSR count). The SMILES string of the molecule is CNC(=O)[C@@H]1[C@H]2C(=O)N([C@H](C)CO)C(C(=O)NCc3ccccc3)C23CC[C@@]1(C)S3. The van der Waals surface area contributed by atoms with Gasteiger partial charge in [-0.15, -0.1) is 11.8 Å². The smallest absolute Gasteiger partial charge is 0.244 e. The van der Waals surface area contributed by atoms with Crippen LogP contribution in [0.2, 0.25) is 0 Å². The molecule has 30 heavy (non-hydrogen) atoms. The second-order valence-corrected chi connectivity index (χ2v) is 10.7. The van der Waals surface area contributed by atoms with E-state index in [0.29, 0.717) is 13.0 Å². The van der Waals surface area contributed by atoms with Gasteiger partial charge < -0.3 is 20.6 Å². The number of fused-ring (bicyclic) bond motifs is 1. The average molecular weight is 432 g/mol. The van der Waals surface area contributed by atoms with Gasteiger partial charge in [-0.25, -0.2) is 0 Å². The van der Waals surface area contributed by atoms with Crippen molar-refractivity contribution >= 4 is 29.5 Å². The number of hydrogen-bond acceptors (Lipinski definition) is 5. The number of amides is 3. The van der Waals surface area contributed by atoms with Crippen LogP contribution in [0, 0.1) is 11.8 Å². The third-order valence-corrected chi connectivity index (χ3v) is 9.03. The van der Waals surface area contributed by atoms with Crippen molar-refractivity contribution in [3.8, 4) is 0 Å². The van der Waals surface area contributed by atoms with Gasteiger partial charge in [-0.2, -0.15) is 0 Å². The van der Waals surface area contributed by atoms with Gasteiger partial charge in [0.15, 0.2) is 0 Å². The zero-order valence-electron chi connectivity index (χ0n) is 17.6. The lowest BCUT2D eigenvalue weighted by molar-refractivity contribution is -0.142. The molecule has 8 heteroatoms. The van der Waals surface area contributed by atoms with Gasteiger partial charge in [-0.3, -0.25) is 14.4 Å². The van der Waals surface area contributed by atoms with Crippen molar-refractivity contribution in [1.82, 2.24) is 15.5 Å². The number of nitrogens with zero attached hydrogens (tertiary/aromatic N) is 1. The summed E-state index contributed by atoms with van der Waals surface area (Å²) in [4.78, 5) is 41.4. The molecule has 2 unspecified atom stereocenters. The van der Waals surface area contributed by atoms with Crippen molar-refractivity contribution in [2.45, 2.75) is 54.8 Å². The van der Waals surface area contributed by atoms with Gasteiger partial charge >= 0.3 is 0 Å². The zero-order valence-corrected chi connectivity index (χ0v) is 18.4. The quantitative estimate of drug-likeness (QED) is 0.622. The van der Waals surface area contributed by atoms with Gasteiger partial charge in [0.25, 0.3) is 0 Å². The Morgan fingerprint density at radius 3 is 2.60 bits per heavy atom. The molecule has 3 aliphatic rings. The Hall–Kier alpha value is -2.06. The first-order valence-corrected chi connectivity index (χ1v) is 11.3. The summed E-state index contributed by atoms with van der Waals surface area (Å²) >= 11 is 1.63. The Morgan fingerprint density at radius 1 is 1.27 bits per heavy atom.